The van der Waals surface area contributed by atoms with Gasteiger partial charge in [-0.15, -0.1) is 0 Å². The minimum Gasteiger partial charge on any atom is -0.312 e. The number of imide groups is 1. The van der Waals surface area contributed by atoms with Gasteiger partial charge in [-0.2, -0.15) is 0 Å². The van der Waals surface area contributed by atoms with Crippen molar-refractivity contribution in [2.24, 2.45) is 17.3 Å². The molecular weight excluding hydrogens is 386 g/mol. The minimum absolute atomic E-state index is 0.00966. The molecule has 1 aromatic rings. The van der Waals surface area contributed by atoms with Crippen molar-refractivity contribution in [1.29, 1.82) is 0 Å². The molecule has 3 amide bonds. The molecule has 6 rings (SSSR count). The number of fused-ring (bicyclic) bond motifs is 1. The van der Waals surface area contributed by atoms with Crippen LogP contribution in [0.2, 0.25) is 0 Å². The van der Waals surface area contributed by atoms with Crippen LogP contribution in [0.1, 0.15) is 45.1 Å². The summed E-state index contributed by atoms with van der Waals surface area (Å²) in [5.41, 5.74) is 2.57. The van der Waals surface area contributed by atoms with Crippen LogP contribution in [-0.4, -0.2) is 65.4 Å². The second-order valence-electron chi connectivity index (χ2n) is 10.7. The third-order valence-electron chi connectivity index (χ3n) is 8.94. The van der Waals surface area contributed by atoms with Gasteiger partial charge >= 0.3 is 6.03 Å². The summed E-state index contributed by atoms with van der Waals surface area (Å²) in [7, 11) is 1.82. The molecule has 1 aromatic carbocycles. The Morgan fingerprint density at radius 1 is 1.06 bits per heavy atom. The predicted octanol–water partition coefficient (Wildman–Crippen LogP) is 3.95. The molecule has 0 aromatic heterocycles. The van der Waals surface area contributed by atoms with E-state index >= 15 is 0 Å². The monoisotopic (exact) mass is 421 g/mol. The molecule has 3 fully saturated rings. The number of nitrogens with zero attached hydrogens (tertiary/aromatic N) is 3. The van der Waals surface area contributed by atoms with Gasteiger partial charge in [0.2, 0.25) is 0 Å². The minimum atomic E-state index is -0.647. The molecular formula is C26H35N3O2. The predicted molar refractivity (Wildman–Crippen MR) is 122 cm³/mol. The van der Waals surface area contributed by atoms with Crippen molar-refractivity contribution in [2.45, 2.75) is 51.5 Å². The van der Waals surface area contributed by atoms with Crippen molar-refractivity contribution in [2.75, 3.05) is 33.2 Å². The topological polar surface area (TPSA) is 43.9 Å². The van der Waals surface area contributed by atoms with Gasteiger partial charge < -0.3 is 4.90 Å². The van der Waals surface area contributed by atoms with Crippen molar-refractivity contribution < 1.29 is 9.59 Å². The fraction of sp³-hybridized carbons (Fsp3) is 0.615. The van der Waals surface area contributed by atoms with E-state index in [9.17, 15) is 9.59 Å². The summed E-state index contributed by atoms with van der Waals surface area (Å²) in [6.45, 7) is 8.09. The van der Waals surface area contributed by atoms with E-state index < -0.39 is 5.54 Å². The number of rotatable bonds is 5. The summed E-state index contributed by atoms with van der Waals surface area (Å²) in [6, 6.07) is 9.95. The highest BCUT2D eigenvalue weighted by atomic mass is 16.2. The van der Waals surface area contributed by atoms with Crippen LogP contribution in [0.25, 0.3) is 0 Å². The van der Waals surface area contributed by atoms with Gasteiger partial charge in [-0.3, -0.25) is 14.6 Å². The number of likely N-dealkylation sites (N-methyl/N-ethyl adjacent to an activating group) is 1. The summed E-state index contributed by atoms with van der Waals surface area (Å²) in [5.74, 6) is 1.60. The molecule has 31 heavy (non-hydrogen) atoms. The van der Waals surface area contributed by atoms with Crippen molar-refractivity contribution in [1.82, 2.24) is 14.7 Å². The summed E-state index contributed by atoms with van der Waals surface area (Å²) >= 11 is 0. The molecule has 5 aliphatic rings. The van der Waals surface area contributed by atoms with Crippen LogP contribution in [0.4, 0.5) is 4.79 Å². The van der Waals surface area contributed by atoms with Crippen LogP contribution in [-0.2, 0) is 11.2 Å². The van der Waals surface area contributed by atoms with Crippen LogP contribution in [0, 0.1) is 17.3 Å². The van der Waals surface area contributed by atoms with Gasteiger partial charge in [0.1, 0.15) is 5.54 Å². The summed E-state index contributed by atoms with van der Waals surface area (Å²) in [6.07, 6.45) is 7.24. The standard InChI is InChI=1S/C26H35N3O2/c1-25(2)21-10-9-20(22(25)17-21)18-28-15-12-26(13-16-28)23(30)29(24(31)27(26)3)14-11-19-7-5-4-6-8-19/h4-9,21-22H,10-18H2,1-3H3/t21-,22-/m0/s1. The Balaban J connectivity index is 1.21. The zero-order valence-electron chi connectivity index (χ0n) is 19.1. The number of hydrogen-bond donors (Lipinski definition) is 0. The van der Waals surface area contributed by atoms with Gasteiger partial charge in [-0.1, -0.05) is 55.8 Å². The lowest BCUT2D eigenvalue weighted by Crippen LogP contribution is -2.56. The highest BCUT2D eigenvalue weighted by Gasteiger charge is 2.56. The first-order valence-corrected chi connectivity index (χ1v) is 11.9. The number of carbonyl (C=O) groups excluding carboxylic acids is 2. The molecule has 3 aliphatic carbocycles. The highest BCUT2D eigenvalue weighted by molar-refractivity contribution is 6.07. The molecule has 2 bridgehead atoms. The van der Waals surface area contributed by atoms with Crippen molar-refractivity contribution in [3.8, 4) is 0 Å². The lowest BCUT2D eigenvalue weighted by Gasteiger charge is -2.57. The molecule has 0 unspecified atom stereocenters. The van der Waals surface area contributed by atoms with Crippen molar-refractivity contribution >= 4 is 11.9 Å². The maximum Gasteiger partial charge on any atom is 0.327 e. The van der Waals surface area contributed by atoms with Gasteiger partial charge in [-0.25, -0.2) is 4.79 Å². The number of likely N-dealkylation sites (tertiary alicyclic amines) is 1. The molecule has 1 saturated carbocycles. The number of hydrogen-bond acceptors (Lipinski definition) is 3. The quantitative estimate of drug-likeness (QED) is 0.534. The SMILES string of the molecule is CN1C(=O)N(CCc2ccccc2)C(=O)C12CCN(CC1=CC[C@H]3C[C@@H]1C3(C)C)CC2. The Morgan fingerprint density at radius 3 is 2.42 bits per heavy atom. The zero-order chi connectivity index (χ0) is 21.8. The molecule has 2 atom stereocenters. The fourth-order valence-corrected chi connectivity index (χ4v) is 6.47. The molecule has 0 N–H and O–H groups in total. The average molecular weight is 422 g/mol. The Bertz CT molecular complexity index is 898. The van der Waals surface area contributed by atoms with Crippen LogP contribution < -0.4 is 0 Å². The molecule has 2 saturated heterocycles. The maximum atomic E-state index is 13.4. The van der Waals surface area contributed by atoms with Gasteiger partial charge in [-0.05, 0) is 54.9 Å². The largest absolute Gasteiger partial charge is 0.327 e. The van der Waals surface area contributed by atoms with E-state index in [0.717, 1.165) is 49.9 Å². The molecule has 2 heterocycles. The first-order valence-electron chi connectivity index (χ1n) is 11.9. The van der Waals surface area contributed by atoms with Gasteiger partial charge in [0, 0.05) is 33.2 Å². The van der Waals surface area contributed by atoms with E-state index in [4.69, 9.17) is 0 Å². The summed E-state index contributed by atoms with van der Waals surface area (Å²) < 4.78 is 0. The van der Waals surface area contributed by atoms with Crippen LogP contribution in [0.5, 0.6) is 0 Å². The fourth-order valence-electron chi connectivity index (χ4n) is 6.47. The Kier molecular flexibility index (Phi) is 5.00. The normalized spacial score (nSPS) is 29.3. The first-order chi connectivity index (χ1) is 14.8. The van der Waals surface area contributed by atoms with E-state index in [2.05, 4.69) is 37.0 Å². The van der Waals surface area contributed by atoms with Crippen LogP contribution in [0.3, 0.4) is 0 Å². The average Bonchev–Trinajstić information content (AvgIpc) is 2.95. The first kappa shape index (κ1) is 20.7. The van der Waals surface area contributed by atoms with Gasteiger partial charge in [0.05, 0.1) is 0 Å². The summed E-state index contributed by atoms with van der Waals surface area (Å²) in [4.78, 5) is 32.1. The van der Waals surface area contributed by atoms with E-state index in [1.807, 2.05) is 25.2 Å². The number of piperidine rings is 1. The van der Waals surface area contributed by atoms with E-state index in [0.29, 0.717) is 18.4 Å². The van der Waals surface area contributed by atoms with Crippen molar-refractivity contribution in [3.63, 3.8) is 0 Å². The molecule has 2 aliphatic heterocycles. The summed E-state index contributed by atoms with van der Waals surface area (Å²) in [5, 5.41) is 0. The molecule has 0 radical (unpaired) electrons. The Labute approximate surface area is 186 Å². The number of benzene rings is 1. The van der Waals surface area contributed by atoms with Gasteiger partial charge in [0.25, 0.3) is 5.91 Å². The zero-order valence-corrected chi connectivity index (χ0v) is 19.1. The number of carbonyl (C=O) groups is 2. The lowest BCUT2D eigenvalue weighted by atomic mass is 9.49. The van der Waals surface area contributed by atoms with Crippen LogP contribution in [0.15, 0.2) is 42.0 Å². The van der Waals surface area contributed by atoms with Crippen LogP contribution >= 0.6 is 0 Å². The maximum absolute atomic E-state index is 13.4. The lowest BCUT2D eigenvalue weighted by molar-refractivity contribution is -0.135. The second-order valence-corrected chi connectivity index (χ2v) is 10.7. The number of allylic oxidation sites excluding steroid dienone is 1. The third-order valence-corrected chi connectivity index (χ3v) is 8.94. The van der Waals surface area contributed by atoms with Gasteiger partial charge in [0.15, 0.2) is 0 Å². The van der Waals surface area contributed by atoms with E-state index in [-0.39, 0.29) is 11.9 Å². The van der Waals surface area contributed by atoms with E-state index in [1.165, 1.54) is 17.7 Å². The smallest absolute Gasteiger partial charge is 0.312 e. The molecule has 1 spiro atoms. The highest BCUT2D eigenvalue weighted by Crippen LogP contribution is 2.59. The number of amides is 3. The Morgan fingerprint density at radius 2 is 1.77 bits per heavy atom. The number of urea groups is 1. The molecule has 166 valence electrons. The molecule has 5 heteroatoms. The van der Waals surface area contributed by atoms with E-state index in [1.54, 1.807) is 10.5 Å². The Hall–Kier alpha value is -2.14. The van der Waals surface area contributed by atoms with Crippen molar-refractivity contribution in [3.05, 3.63) is 47.5 Å². The second kappa shape index (κ2) is 7.47. The molecule has 5 nitrogen and oxygen atoms in total. The third kappa shape index (κ3) is 3.24.